The van der Waals surface area contributed by atoms with Gasteiger partial charge in [0.1, 0.15) is 0 Å². The predicted octanol–water partition coefficient (Wildman–Crippen LogP) is 3.62. The molecular weight excluding hydrogens is 290 g/mol. The van der Waals surface area contributed by atoms with Gasteiger partial charge < -0.3 is 0 Å². The smallest absolute Gasteiger partial charge is 0.173 e. The lowest BCUT2D eigenvalue weighted by Crippen LogP contribution is -2.34. The van der Waals surface area contributed by atoms with Crippen LogP contribution in [0, 0.1) is 0 Å². The largest absolute Gasteiger partial charge is 0.293 e. The number of halogens is 1. The zero-order valence-corrected chi connectivity index (χ0v) is 11.7. The number of carbonyl (C=O) groups is 1. The van der Waals surface area contributed by atoms with Crippen LogP contribution in [0.5, 0.6) is 0 Å². The number of aromatic nitrogens is 1. The molecule has 92 valence electrons. The summed E-state index contributed by atoms with van der Waals surface area (Å²) in [4.78, 5) is 16.7. The monoisotopic (exact) mass is 303 g/mol. The molecule has 2 rings (SSSR count). The number of Topliss-reactive ketones (excluding diaryl/α,β-unsaturated/α-hetero) is 1. The Labute approximate surface area is 115 Å². The molecular formula is C15H14BrNO. The summed E-state index contributed by atoms with van der Waals surface area (Å²) in [7, 11) is 0. The van der Waals surface area contributed by atoms with E-state index in [1.54, 1.807) is 12.4 Å². The first-order chi connectivity index (χ1) is 8.68. The van der Waals surface area contributed by atoms with Gasteiger partial charge in [-0.05, 0) is 18.6 Å². The second-order valence-electron chi connectivity index (χ2n) is 4.40. The Morgan fingerprint density at radius 1 is 1.22 bits per heavy atom. The summed E-state index contributed by atoms with van der Waals surface area (Å²) in [5.74, 6) is 0.105. The molecule has 1 unspecified atom stereocenters. The van der Waals surface area contributed by atoms with Gasteiger partial charge in [0.2, 0.25) is 0 Å². The lowest BCUT2D eigenvalue weighted by atomic mass is 9.79. The van der Waals surface area contributed by atoms with Crippen molar-refractivity contribution < 1.29 is 4.79 Å². The van der Waals surface area contributed by atoms with Gasteiger partial charge in [0.25, 0.3) is 0 Å². The van der Waals surface area contributed by atoms with Crippen LogP contribution in [0.4, 0.5) is 0 Å². The summed E-state index contributed by atoms with van der Waals surface area (Å²) in [5.41, 5.74) is 1.06. The highest BCUT2D eigenvalue weighted by atomic mass is 79.9. The van der Waals surface area contributed by atoms with Crippen LogP contribution in [0.15, 0.2) is 54.9 Å². The SMILES string of the molecule is CC(CBr)(C(=O)c1ccccc1)c1cccnc1. The second kappa shape index (κ2) is 5.44. The second-order valence-corrected chi connectivity index (χ2v) is 4.96. The van der Waals surface area contributed by atoms with Crippen LogP contribution in [0.25, 0.3) is 0 Å². The molecule has 0 radical (unpaired) electrons. The van der Waals surface area contributed by atoms with E-state index in [9.17, 15) is 4.79 Å². The van der Waals surface area contributed by atoms with Crippen molar-refractivity contribution in [2.75, 3.05) is 5.33 Å². The van der Waals surface area contributed by atoms with Crippen LogP contribution >= 0.6 is 15.9 Å². The van der Waals surface area contributed by atoms with Crippen LogP contribution in [0.1, 0.15) is 22.8 Å². The van der Waals surface area contributed by atoms with E-state index in [0.29, 0.717) is 5.33 Å². The minimum Gasteiger partial charge on any atom is -0.293 e. The lowest BCUT2D eigenvalue weighted by Gasteiger charge is -2.26. The molecule has 0 aliphatic rings. The summed E-state index contributed by atoms with van der Waals surface area (Å²) in [6, 6.07) is 13.2. The highest BCUT2D eigenvalue weighted by Gasteiger charge is 2.34. The number of carbonyl (C=O) groups excluding carboxylic acids is 1. The normalized spacial score (nSPS) is 13.9. The summed E-state index contributed by atoms with van der Waals surface area (Å²) in [6.45, 7) is 1.94. The Hall–Kier alpha value is -1.48. The number of nitrogens with zero attached hydrogens (tertiary/aromatic N) is 1. The molecule has 1 atom stereocenters. The maximum absolute atomic E-state index is 12.6. The molecule has 2 nitrogen and oxygen atoms in total. The average Bonchev–Trinajstić information content (AvgIpc) is 2.47. The molecule has 0 fully saturated rings. The fraction of sp³-hybridized carbons (Fsp3) is 0.200. The zero-order valence-electron chi connectivity index (χ0n) is 10.1. The van der Waals surface area contributed by atoms with Crippen molar-refractivity contribution in [2.24, 2.45) is 0 Å². The molecule has 0 saturated carbocycles. The topological polar surface area (TPSA) is 30.0 Å². The number of hydrogen-bond donors (Lipinski definition) is 0. The van der Waals surface area contributed by atoms with Crippen molar-refractivity contribution in [3.8, 4) is 0 Å². The van der Waals surface area contributed by atoms with Gasteiger partial charge >= 0.3 is 0 Å². The molecule has 3 heteroatoms. The van der Waals surface area contributed by atoms with E-state index in [1.807, 2.05) is 49.4 Å². The molecule has 2 aromatic rings. The van der Waals surface area contributed by atoms with Crippen molar-refractivity contribution in [3.63, 3.8) is 0 Å². The van der Waals surface area contributed by atoms with Gasteiger partial charge in [-0.2, -0.15) is 0 Å². The van der Waals surface area contributed by atoms with E-state index in [0.717, 1.165) is 11.1 Å². The minimum atomic E-state index is -0.588. The van der Waals surface area contributed by atoms with E-state index in [4.69, 9.17) is 0 Å². The molecule has 1 aromatic heterocycles. The third-order valence-electron chi connectivity index (χ3n) is 3.10. The number of alkyl halides is 1. The molecule has 0 amide bonds. The molecule has 1 heterocycles. The Bertz CT molecular complexity index is 527. The van der Waals surface area contributed by atoms with Gasteiger partial charge in [0.15, 0.2) is 5.78 Å². The van der Waals surface area contributed by atoms with Crippen molar-refractivity contribution in [1.29, 1.82) is 0 Å². The van der Waals surface area contributed by atoms with Crippen molar-refractivity contribution in [1.82, 2.24) is 4.98 Å². The number of benzene rings is 1. The van der Waals surface area contributed by atoms with E-state index in [-0.39, 0.29) is 5.78 Å². The van der Waals surface area contributed by atoms with Crippen LogP contribution in [0.3, 0.4) is 0 Å². The van der Waals surface area contributed by atoms with Crippen molar-refractivity contribution in [3.05, 3.63) is 66.0 Å². The molecule has 0 N–H and O–H groups in total. The molecule has 0 saturated heterocycles. The Morgan fingerprint density at radius 3 is 2.50 bits per heavy atom. The fourth-order valence-electron chi connectivity index (χ4n) is 1.87. The van der Waals surface area contributed by atoms with Crippen molar-refractivity contribution >= 4 is 21.7 Å². The van der Waals surface area contributed by atoms with Crippen molar-refractivity contribution in [2.45, 2.75) is 12.3 Å². The first-order valence-electron chi connectivity index (χ1n) is 5.75. The van der Waals surface area contributed by atoms with Gasteiger partial charge in [0, 0.05) is 23.3 Å². The van der Waals surface area contributed by atoms with Gasteiger partial charge in [-0.3, -0.25) is 9.78 Å². The average molecular weight is 304 g/mol. The number of rotatable bonds is 4. The predicted molar refractivity (Wildman–Crippen MR) is 76.2 cm³/mol. The number of ketones is 1. The van der Waals surface area contributed by atoms with E-state index in [2.05, 4.69) is 20.9 Å². The summed E-state index contributed by atoms with van der Waals surface area (Å²) in [6.07, 6.45) is 3.47. The standard InChI is InChI=1S/C15H14BrNO/c1-15(11-16,13-8-5-9-17-10-13)14(18)12-6-3-2-4-7-12/h2-10H,11H2,1H3. The lowest BCUT2D eigenvalue weighted by molar-refractivity contribution is 0.0912. The summed E-state index contributed by atoms with van der Waals surface area (Å²) in [5, 5.41) is 0.569. The molecule has 1 aromatic carbocycles. The summed E-state index contributed by atoms with van der Waals surface area (Å²) >= 11 is 3.46. The van der Waals surface area contributed by atoms with Crippen LogP contribution in [-0.4, -0.2) is 16.1 Å². The fourth-order valence-corrected chi connectivity index (χ4v) is 2.44. The highest BCUT2D eigenvalue weighted by molar-refractivity contribution is 9.09. The van der Waals surface area contributed by atoms with E-state index < -0.39 is 5.41 Å². The Kier molecular flexibility index (Phi) is 3.92. The first kappa shape index (κ1) is 13.0. The number of pyridine rings is 1. The van der Waals surface area contributed by atoms with Gasteiger partial charge in [-0.1, -0.05) is 52.3 Å². The molecule has 0 spiro atoms. The van der Waals surface area contributed by atoms with Gasteiger partial charge in [-0.25, -0.2) is 0 Å². The molecule has 18 heavy (non-hydrogen) atoms. The van der Waals surface area contributed by atoms with Crippen LogP contribution < -0.4 is 0 Å². The molecule has 0 bridgehead atoms. The third kappa shape index (κ3) is 2.36. The van der Waals surface area contributed by atoms with Gasteiger partial charge in [-0.15, -0.1) is 0 Å². The Morgan fingerprint density at radius 2 is 1.94 bits per heavy atom. The zero-order chi connectivity index (χ0) is 13.0. The third-order valence-corrected chi connectivity index (χ3v) is 4.22. The van der Waals surface area contributed by atoms with Crippen LogP contribution in [0.2, 0.25) is 0 Å². The highest BCUT2D eigenvalue weighted by Crippen LogP contribution is 2.29. The molecule has 0 aliphatic carbocycles. The Balaban J connectivity index is 2.43. The minimum absolute atomic E-state index is 0.105. The maximum Gasteiger partial charge on any atom is 0.173 e. The molecule has 0 aliphatic heterocycles. The van der Waals surface area contributed by atoms with Crippen LogP contribution in [-0.2, 0) is 5.41 Å². The van der Waals surface area contributed by atoms with Gasteiger partial charge in [0.05, 0.1) is 5.41 Å². The maximum atomic E-state index is 12.6. The number of hydrogen-bond acceptors (Lipinski definition) is 2. The van der Waals surface area contributed by atoms with E-state index in [1.165, 1.54) is 0 Å². The first-order valence-corrected chi connectivity index (χ1v) is 6.87. The quantitative estimate of drug-likeness (QED) is 0.638. The summed E-state index contributed by atoms with van der Waals surface area (Å²) < 4.78 is 0. The van der Waals surface area contributed by atoms with E-state index >= 15 is 0 Å².